The van der Waals surface area contributed by atoms with Gasteiger partial charge in [-0.15, -0.1) is 0 Å². The minimum absolute atomic E-state index is 0.721. The van der Waals surface area contributed by atoms with Crippen LogP contribution in [0.3, 0.4) is 0 Å². The molecule has 0 bridgehead atoms. The van der Waals surface area contributed by atoms with Crippen LogP contribution in [0.2, 0.25) is 0 Å². The molecule has 0 unspecified atom stereocenters. The van der Waals surface area contributed by atoms with Gasteiger partial charge < -0.3 is 10.2 Å². The van der Waals surface area contributed by atoms with Gasteiger partial charge in [-0.25, -0.2) is 4.98 Å². The average Bonchev–Trinajstić information content (AvgIpc) is 2.29. The first kappa shape index (κ1) is 14.1. The normalized spacial score (nSPS) is 10.4. The summed E-state index contributed by atoms with van der Waals surface area (Å²) in [6.07, 6.45) is 3.31. The van der Waals surface area contributed by atoms with Crippen LogP contribution in [0.15, 0.2) is 6.07 Å². The van der Waals surface area contributed by atoms with Crippen molar-refractivity contribution >= 4 is 23.5 Å². The highest BCUT2D eigenvalue weighted by molar-refractivity contribution is 7.98. The Bertz CT molecular complexity index is 343. The van der Waals surface area contributed by atoms with Crippen molar-refractivity contribution < 1.29 is 0 Å². The molecule has 0 aliphatic heterocycles. The Balaban J connectivity index is 2.67. The molecule has 0 fully saturated rings. The zero-order valence-electron chi connectivity index (χ0n) is 11.2. The molecule has 17 heavy (non-hydrogen) atoms. The fraction of sp³-hybridized carbons (Fsp3) is 0.667. The molecule has 0 radical (unpaired) electrons. The fourth-order valence-electron chi connectivity index (χ4n) is 1.55. The van der Waals surface area contributed by atoms with E-state index in [0.717, 1.165) is 30.5 Å². The van der Waals surface area contributed by atoms with Crippen LogP contribution in [0.5, 0.6) is 0 Å². The molecular weight excluding hydrogens is 232 g/mol. The van der Waals surface area contributed by atoms with E-state index in [1.807, 2.05) is 31.7 Å². The van der Waals surface area contributed by atoms with Gasteiger partial charge in [-0.05, 0) is 32.3 Å². The number of thioether (sulfide) groups is 1. The van der Waals surface area contributed by atoms with Gasteiger partial charge in [-0.3, -0.25) is 0 Å². The Morgan fingerprint density at radius 2 is 2.18 bits per heavy atom. The number of hydrogen-bond acceptors (Lipinski definition) is 5. The summed E-state index contributed by atoms with van der Waals surface area (Å²) in [4.78, 5) is 11.0. The first-order valence-electron chi connectivity index (χ1n) is 5.97. The highest BCUT2D eigenvalue weighted by Crippen LogP contribution is 2.14. The fourth-order valence-corrected chi connectivity index (χ4v) is 1.96. The van der Waals surface area contributed by atoms with Gasteiger partial charge in [-0.2, -0.15) is 16.7 Å². The van der Waals surface area contributed by atoms with E-state index >= 15 is 0 Å². The maximum atomic E-state index is 4.50. The Hall–Kier alpha value is -0.970. The summed E-state index contributed by atoms with van der Waals surface area (Å²) in [5, 5.41) is 3.16. The van der Waals surface area contributed by atoms with Crippen molar-refractivity contribution in [3.63, 3.8) is 0 Å². The van der Waals surface area contributed by atoms with Crippen molar-refractivity contribution in [2.75, 3.05) is 42.4 Å². The van der Waals surface area contributed by atoms with E-state index in [-0.39, 0.29) is 0 Å². The van der Waals surface area contributed by atoms with Crippen LogP contribution in [0.4, 0.5) is 11.8 Å². The van der Waals surface area contributed by atoms with Crippen LogP contribution >= 0.6 is 11.8 Å². The topological polar surface area (TPSA) is 41.1 Å². The van der Waals surface area contributed by atoms with Crippen LogP contribution < -0.4 is 10.2 Å². The van der Waals surface area contributed by atoms with Gasteiger partial charge in [0.25, 0.3) is 0 Å². The number of nitrogens with zero attached hydrogens (tertiary/aromatic N) is 3. The van der Waals surface area contributed by atoms with Gasteiger partial charge in [0.15, 0.2) is 0 Å². The molecule has 5 heteroatoms. The van der Waals surface area contributed by atoms with Crippen LogP contribution in [0.1, 0.15) is 19.0 Å². The van der Waals surface area contributed by atoms with E-state index in [1.54, 1.807) is 0 Å². The van der Waals surface area contributed by atoms with Crippen LogP contribution in [0.25, 0.3) is 0 Å². The molecule has 1 aromatic rings. The molecule has 0 aliphatic carbocycles. The van der Waals surface area contributed by atoms with Gasteiger partial charge in [0.05, 0.1) is 0 Å². The maximum Gasteiger partial charge on any atom is 0.224 e. The van der Waals surface area contributed by atoms with Crippen molar-refractivity contribution in [2.45, 2.75) is 20.3 Å². The van der Waals surface area contributed by atoms with E-state index in [4.69, 9.17) is 0 Å². The van der Waals surface area contributed by atoms with Gasteiger partial charge in [-0.1, -0.05) is 0 Å². The van der Waals surface area contributed by atoms with Crippen molar-refractivity contribution in [1.29, 1.82) is 0 Å². The zero-order valence-corrected chi connectivity index (χ0v) is 12.0. The monoisotopic (exact) mass is 254 g/mol. The Labute approximate surface area is 108 Å². The lowest BCUT2D eigenvalue weighted by Gasteiger charge is -2.19. The number of hydrogen-bond donors (Lipinski definition) is 1. The van der Waals surface area contributed by atoms with Crippen molar-refractivity contribution in [1.82, 2.24) is 9.97 Å². The van der Waals surface area contributed by atoms with Crippen LogP contribution in [0, 0.1) is 6.92 Å². The third-order valence-electron chi connectivity index (χ3n) is 2.41. The molecule has 0 aromatic carbocycles. The number of aryl methyl sites for hydroxylation is 1. The summed E-state index contributed by atoms with van der Waals surface area (Å²) in [5.41, 5.74) is 1.00. The third-order valence-corrected chi connectivity index (χ3v) is 3.11. The van der Waals surface area contributed by atoms with E-state index in [0.29, 0.717) is 0 Å². The maximum absolute atomic E-state index is 4.50. The van der Waals surface area contributed by atoms with Crippen molar-refractivity contribution in [3.05, 3.63) is 11.8 Å². The lowest BCUT2D eigenvalue weighted by Crippen LogP contribution is -2.21. The smallest absolute Gasteiger partial charge is 0.224 e. The molecule has 0 aliphatic rings. The lowest BCUT2D eigenvalue weighted by atomic mass is 10.3. The molecule has 1 rings (SSSR count). The highest BCUT2D eigenvalue weighted by Gasteiger charge is 2.05. The first-order chi connectivity index (χ1) is 8.17. The number of nitrogens with one attached hydrogen (secondary N) is 1. The van der Waals surface area contributed by atoms with Gasteiger partial charge in [0.1, 0.15) is 5.82 Å². The van der Waals surface area contributed by atoms with E-state index in [9.17, 15) is 0 Å². The standard InChI is InChI=1S/C12H22N4S/c1-5-13-12-14-10(2)9-11(15-12)16(3)7-6-8-17-4/h9H,5-8H2,1-4H3,(H,13,14,15). The summed E-state index contributed by atoms with van der Waals surface area (Å²) >= 11 is 1.88. The minimum atomic E-state index is 0.721. The molecule has 0 saturated carbocycles. The van der Waals surface area contributed by atoms with Gasteiger partial charge >= 0.3 is 0 Å². The number of rotatable bonds is 7. The average molecular weight is 254 g/mol. The van der Waals surface area contributed by atoms with E-state index in [2.05, 4.69) is 33.5 Å². The Kier molecular flexibility index (Phi) is 6.11. The Morgan fingerprint density at radius 1 is 1.41 bits per heavy atom. The van der Waals surface area contributed by atoms with Crippen molar-refractivity contribution in [2.24, 2.45) is 0 Å². The van der Waals surface area contributed by atoms with Gasteiger partial charge in [0.2, 0.25) is 5.95 Å². The second-order valence-electron chi connectivity index (χ2n) is 3.99. The number of anilines is 2. The molecule has 1 N–H and O–H groups in total. The summed E-state index contributed by atoms with van der Waals surface area (Å²) < 4.78 is 0. The molecule has 96 valence electrons. The molecule has 0 amide bonds. The quantitative estimate of drug-likeness (QED) is 0.757. The van der Waals surface area contributed by atoms with Crippen LogP contribution in [-0.4, -0.2) is 42.1 Å². The lowest BCUT2D eigenvalue weighted by molar-refractivity contribution is 0.839. The molecule has 0 spiro atoms. The summed E-state index contributed by atoms with van der Waals surface area (Å²) in [7, 11) is 2.08. The third kappa shape index (κ3) is 4.81. The number of aromatic nitrogens is 2. The van der Waals surface area contributed by atoms with Gasteiger partial charge in [0, 0.05) is 31.9 Å². The predicted molar refractivity (Wildman–Crippen MR) is 77.2 cm³/mol. The second kappa shape index (κ2) is 7.37. The molecule has 1 heterocycles. The molecule has 0 atom stereocenters. The first-order valence-corrected chi connectivity index (χ1v) is 7.36. The van der Waals surface area contributed by atoms with E-state index < -0.39 is 0 Å². The zero-order chi connectivity index (χ0) is 12.7. The SMILES string of the molecule is CCNc1nc(C)cc(N(C)CCCSC)n1. The molecular formula is C12H22N4S. The predicted octanol–water partition coefficient (Wildman–Crippen LogP) is 2.41. The summed E-state index contributed by atoms with van der Waals surface area (Å²) in [6.45, 7) is 5.93. The second-order valence-corrected chi connectivity index (χ2v) is 4.97. The van der Waals surface area contributed by atoms with Crippen LogP contribution in [-0.2, 0) is 0 Å². The minimum Gasteiger partial charge on any atom is -0.359 e. The summed E-state index contributed by atoms with van der Waals surface area (Å²) in [6, 6.07) is 2.03. The molecule has 0 saturated heterocycles. The largest absolute Gasteiger partial charge is 0.359 e. The molecule has 4 nitrogen and oxygen atoms in total. The summed E-state index contributed by atoms with van der Waals surface area (Å²) in [5.74, 6) is 2.91. The molecule has 1 aromatic heterocycles. The van der Waals surface area contributed by atoms with Crippen molar-refractivity contribution in [3.8, 4) is 0 Å². The highest BCUT2D eigenvalue weighted by atomic mass is 32.2. The Morgan fingerprint density at radius 3 is 2.82 bits per heavy atom. The van der Waals surface area contributed by atoms with E-state index in [1.165, 1.54) is 12.2 Å².